The summed E-state index contributed by atoms with van der Waals surface area (Å²) in [7, 11) is 0. The van der Waals surface area contributed by atoms with Gasteiger partial charge in [-0.15, -0.1) is 11.3 Å². The predicted octanol–water partition coefficient (Wildman–Crippen LogP) is 4.84. The molecule has 0 radical (unpaired) electrons. The highest BCUT2D eigenvalue weighted by Crippen LogP contribution is 2.41. The van der Waals surface area contributed by atoms with Gasteiger partial charge in [-0.1, -0.05) is 23.7 Å². The summed E-state index contributed by atoms with van der Waals surface area (Å²) >= 11 is 14.0. The van der Waals surface area contributed by atoms with Crippen molar-refractivity contribution < 1.29 is 9.50 Å². The maximum Gasteiger partial charge on any atom is 0.145 e. The minimum atomic E-state index is -0.912. The third-order valence-corrected chi connectivity index (χ3v) is 5.70. The Balaban J connectivity index is 2.42. The van der Waals surface area contributed by atoms with Crippen LogP contribution in [0.4, 0.5) is 4.39 Å². The summed E-state index contributed by atoms with van der Waals surface area (Å²) in [5.74, 6) is -1.10. The first-order valence-electron chi connectivity index (χ1n) is 5.72. The summed E-state index contributed by atoms with van der Waals surface area (Å²) in [5.41, 5.74) is 6.72. The zero-order valence-electron chi connectivity index (χ0n) is 10.1. The lowest BCUT2D eigenvalue weighted by Gasteiger charge is -2.22. The molecule has 1 aromatic carbocycles. The smallest absolute Gasteiger partial charge is 0.145 e. The number of hydrogen-bond donors (Lipinski definition) is 2. The zero-order chi connectivity index (χ0) is 14.9. The molecule has 1 heterocycles. The molecule has 3 N–H and O–H groups in total. The molecule has 0 aliphatic rings. The number of aliphatic hydroxyl groups excluding tert-OH is 1. The summed E-state index contributed by atoms with van der Waals surface area (Å²) in [6, 6.07) is 6.51. The first-order chi connectivity index (χ1) is 9.45. The molecule has 0 aliphatic carbocycles. The van der Waals surface area contributed by atoms with E-state index >= 15 is 0 Å². The highest BCUT2D eigenvalue weighted by Gasteiger charge is 2.27. The maximum absolute atomic E-state index is 14.1. The summed E-state index contributed by atoms with van der Waals surface area (Å²) in [6.45, 7) is 0.109. The van der Waals surface area contributed by atoms with Gasteiger partial charge >= 0.3 is 0 Å². The van der Waals surface area contributed by atoms with Crippen molar-refractivity contribution in [1.29, 1.82) is 0 Å². The van der Waals surface area contributed by atoms with Gasteiger partial charge in [-0.2, -0.15) is 0 Å². The molecule has 0 saturated carbocycles. The van der Waals surface area contributed by atoms with E-state index in [0.717, 1.165) is 7.57 Å². The van der Waals surface area contributed by atoms with E-state index in [2.05, 4.69) is 31.9 Å². The first-order valence-corrected chi connectivity index (χ1v) is 8.50. The van der Waals surface area contributed by atoms with Crippen molar-refractivity contribution in [2.45, 2.75) is 12.0 Å². The van der Waals surface area contributed by atoms with E-state index in [-0.39, 0.29) is 11.6 Å². The minimum absolute atomic E-state index is 0.0266. The lowest BCUT2D eigenvalue weighted by molar-refractivity contribution is 0.145. The van der Waals surface area contributed by atoms with Gasteiger partial charge < -0.3 is 10.8 Å². The highest BCUT2D eigenvalue weighted by molar-refractivity contribution is 9.12. The number of hydrogen-bond acceptors (Lipinski definition) is 3. The van der Waals surface area contributed by atoms with Crippen LogP contribution in [0, 0.1) is 5.82 Å². The van der Waals surface area contributed by atoms with E-state index in [1.807, 2.05) is 0 Å². The van der Waals surface area contributed by atoms with Crippen molar-refractivity contribution in [1.82, 2.24) is 0 Å². The number of halogens is 4. The second kappa shape index (κ2) is 6.85. The molecule has 108 valence electrons. The van der Waals surface area contributed by atoms with Gasteiger partial charge in [0.05, 0.1) is 18.7 Å². The molecule has 7 heteroatoms. The molecule has 0 spiro atoms. The third-order valence-electron chi connectivity index (χ3n) is 3.02. The molecule has 2 atom stereocenters. The number of aliphatic hydroxyl groups is 1. The second-order valence-electron chi connectivity index (χ2n) is 4.21. The summed E-state index contributed by atoms with van der Waals surface area (Å²) in [4.78, 5) is 0. The lowest BCUT2D eigenvalue weighted by atomic mass is 9.90. The van der Waals surface area contributed by atoms with Crippen molar-refractivity contribution in [3.05, 3.63) is 53.8 Å². The standard InChI is InChI=1S/C13H11Br2ClFNOS/c14-10-4-7(13(15)20-10)12(19)8(5-18)6-2-1-3-9(16)11(6)17/h1-4,8,12,19H,5,18H2. The van der Waals surface area contributed by atoms with Gasteiger partial charge in [-0.05, 0) is 49.6 Å². The molecule has 0 fully saturated rings. The molecule has 0 aliphatic heterocycles. The average molecular weight is 444 g/mol. The van der Waals surface area contributed by atoms with Gasteiger partial charge in [0.15, 0.2) is 0 Å². The van der Waals surface area contributed by atoms with Crippen LogP contribution in [0.15, 0.2) is 31.8 Å². The molecule has 1 aromatic heterocycles. The fraction of sp³-hybridized carbons (Fsp3) is 0.231. The third kappa shape index (κ3) is 3.26. The van der Waals surface area contributed by atoms with Crippen LogP contribution < -0.4 is 5.73 Å². The van der Waals surface area contributed by atoms with Crippen LogP contribution in [0.5, 0.6) is 0 Å². The topological polar surface area (TPSA) is 46.2 Å². The lowest BCUT2D eigenvalue weighted by Crippen LogP contribution is -2.21. The zero-order valence-corrected chi connectivity index (χ0v) is 14.9. The van der Waals surface area contributed by atoms with Crippen LogP contribution in [0.25, 0.3) is 0 Å². The van der Waals surface area contributed by atoms with Gasteiger partial charge in [0, 0.05) is 18.0 Å². The average Bonchev–Trinajstić information content (AvgIpc) is 2.74. The van der Waals surface area contributed by atoms with Crippen molar-refractivity contribution in [2.75, 3.05) is 6.54 Å². The van der Waals surface area contributed by atoms with Crippen LogP contribution in [-0.2, 0) is 0 Å². The van der Waals surface area contributed by atoms with E-state index in [1.54, 1.807) is 18.2 Å². The van der Waals surface area contributed by atoms with E-state index in [0.29, 0.717) is 11.1 Å². The monoisotopic (exact) mass is 441 g/mol. The van der Waals surface area contributed by atoms with Crippen molar-refractivity contribution in [2.24, 2.45) is 5.73 Å². The normalized spacial score (nSPS) is 14.3. The SMILES string of the molecule is NCC(c1cccc(Cl)c1F)C(O)c1cc(Br)sc1Br. The minimum Gasteiger partial charge on any atom is -0.388 e. The summed E-state index contributed by atoms with van der Waals surface area (Å²) < 4.78 is 15.8. The highest BCUT2D eigenvalue weighted by atomic mass is 79.9. The first kappa shape index (κ1) is 16.4. The molecule has 2 rings (SSSR count). The Morgan fingerprint density at radius 1 is 1.35 bits per heavy atom. The van der Waals surface area contributed by atoms with Gasteiger partial charge in [0.2, 0.25) is 0 Å². The van der Waals surface area contributed by atoms with E-state index in [1.165, 1.54) is 17.4 Å². The molecular weight excluding hydrogens is 432 g/mol. The van der Waals surface area contributed by atoms with Crippen LogP contribution >= 0.6 is 54.8 Å². The fourth-order valence-corrected chi connectivity index (χ4v) is 5.10. The summed E-state index contributed by atoms with van der Waals surface area (Å²) in [6.07, 6.45) is -0.912. The molecular formula is C13H11Br2ClFNOS. The van der Waals surface area contributed by atoms with Gasteiger partial charge in [-0.25, -0.2) is 4.39 Å². The predicted molar refractivity (Wildman–Crippen MR) is 87.9 cm³/mol. The fourth-order valence-electron chi connectivity index (χ4n) is 2.00. The molecule has 20 heavy (non-hydrogen) atoms. The Labute approximate surface area is 142 Å². The van der Waals surface area contributed by atoms with Gasteiger partial charge in [0.1, 0.15) is 5.82 Å². The van der Waals surface area contributed by atoms with E-state index in [9.17, 15) is 9.50 Å². The number of nitrogens with two attached hydrogens (primary N) is 1. The van der Waals surface area contributed by atoms with E-state index in [4.69, 9.17) is 17.3 Å². The van der Waals surface area contributed by atoms with Crippen LogP contribution in [0.1, 0.15) is 23.1 Å². The van der Waals surface area contributed by atoms with Gasteiger partial charge in [0.25, 0.3) is 0 Å². The van der Waals surface area contributed by atoms with Crippen LogP contribution in [0.2, 0.25) is 5.02 Å². The number of benzene rings is 1. The second-order valence-corrected chi connectivity index (χ2v) is 8.37. The molecule has 2 aromatic rings. The molecule has 2 nitrogen and oxygen atoms in total. The Hall–Kier alpha value is 0.0200. The molecule has 2 unspecified atom stereocenters. The van der Waals surface area contributed by atoms with Crippen molar-refractivity contribution in [3.63, 3.8) is 0 Å². The maximum atomic E-state index is 14.1. The quantitative estimate of drug-likeness (QED) is 0.710. The Morgan fingerprint density at radius 2 is 2.05 bits per heavy atom. The molecule has 0 amide bonds. The largest absolute Gasteiger partial charge is 0.388 e. The molecule has 0 saturated heterocycles. The Bertz CT molecular complexity index is 622. The Kier molecular flexibility index (Phi) is 5.62. The number of rotatable bonds is 4. The van der Waals surface area contributed by atoms with Gasteiger partial charge in [-0.3, -0.25) is 0 Å². The van der Waals surface area contributed by atoms with Crippen LogP contribution in [0.3, 0.4) is 0 Å². The van der Waals surface area contributed by atoms with Crippen LogP contribution in [-0.4, -0.2) is 11.7 Å². The van der Waals surface area contributed by atoms with Crippen molar-refractivity contribution in [3.8, 4) is 0 Å². The van der Waals surface area contributed by atoms with E-state index < -0.39 is 17.8 Å². The number of thiophene rings is 1. The summed E-state index contributed by atoms with van der Waals surface area (Å²) in [5, 5.41) is 10.5. The molecule has 0 bridgehead atoms. The Morgan fingerprint density at radius 3 is 2.60 bits per heavy atom. The van der Waals surface area contributed by atoms with Crippen molar-refractivity contribution >= 4 is 54.8 Å².